The highest BCUT2D eigenvalue weighted by Gasteiger charge is 2.44. The number of likely N-dealkylation sites (tertiary alicyclic amines) is 1. The van der Waals surface area contributed by atoms with Crippen LogP contribution in [0.15, 0.2) is 0 Å². The SMILES string of the molecule is CC1CCN(C(=O)O)C[C@@]1(C)C(=O)O. The fourth-order valence-corrected chi connectivity index (χ4v) is 1.74. The molecule has 80 valence electrons. The van der Waals surface area contributed by atoms with Crippen molar-refractivity contribution in [1.29, 1.82) is 0 Å². The molecule has 0 aromatic carbocycles. The summed E-state index contributed by atoms with van der Waals surface area (Å²) in [5.74, 6) is -0.911. The van der Waals surface area contributed by atoms with Gasteiger partial charge in [0.2, 0.25) is 0 Å². The monoisotopic (exact) mass is 201 g/mol. The van der Waals surface area contributed by atoms with Crippen molar-refractivity contribution in [2.24, 2.45) is 11.3 Å². The van der Waals surface area contributed by atoms with Gasteiger partial charge in [0.15, 0.2) is 0 Å². The molecule has 1 rings (SSSR count). The van der Waals surface area contributed by atoms with Crippen LogP contribution in [0.2, 0.25) is 0 Å². The molecule has 0 aromatic heterocycles. The first-order chi connectivity index (χ1) is 6.38. The Morgan fingerprint density at radius 2 is 2.00 bits per heavy atom. The van der Waals surface area contributed by atoms with Crippen LogP contribution in [-0.4, -0.2) is 40.3 Å². The number of hydrogen-bond acceptors (Lipinski definition) is 2. The Morgan fingerprint density at radius 1 is 1.43 bits per heavy atom. The molecule has 1 saturated heterocycles. The van der Waals surface area contributed by atoms with E-state index in [2.05, 4.69) is 0 Å². The van der Waals surface area contributed by atoms with Crippen molar-refractivity contribution in [2.75, 3.05) is 13.1 Å². The van der Waals surface area contributed by atoms with Gasteiger partial charge in [0.05, 0.1) is 5.41 Å². The molecule has 1 amide bonds. The number of carboxylic acids is 1. The predicted octanol–water partition coefficient (Wildman–Crippen LogP) is 1.10. The van der Waals surface area contributed by atoms with Crippen molar-refractivity contribution in [3.63, 3.8) is 0 Å². The maximum atomic E-state index is 11.0. The smallest absolute Gasteiger partial charge is 0.407 e. The average molecular weight is 201 g/mol. The zero-order valence-electron chi connectivity index (χ0n) is 8.36. The Bertz CT molecular complexity index is 266. The maximum absolute atomic E-state index is 11.0. The summed E-state index contributed by atoms with van der Waals surface area (Å²) < 4.78 is 0. The zero-order chi connectivity index (χ0) is 10.9. The van der Waals surface area contributed by atoms with Crippen molar-refractivity contribution >= 4 is 12.1 Å². The molecule has 2 N–H and O–H groups in total. The molecule has 1 aliphatic rings. The highest BCUT2D eigenvalue weighted by Crippen LogP contribution is 2.35. The van der Waals surface area contributed by atoms with Crippen molar-refractivity contribution < 1.29 is 19.8 Å². The van der Waals surface area contributed by atoms with Crippen LogP contribution in [0.4, 0.5) is 4.79 Å². The first-order valence-electron chi connectivity index (χ1n) is 4.59. The van der Waals surface area contributed by atoms with Crippen LogP contribution in [0.5, 0.6) is 0 Å². The molecule has 5 heteroatoms. The van der Waals surface area contributed by atoms with Gasteiger partial charge in [0, 0.05) is 13.1 Å². The summed E-state index contributed by atoms with van der Waals surface area (Å²) >= 11 is 0. The Kier molecular flexibility index (Phi) is 2.69. The number of amides is 1. The van der Waals surface area contributed by atoms with Gasteiger partial charge in [-0.2, -0.15) is 0 Å². The second-order valence-corrected chi connectivity index (χ2v) is 4.12. The van der Waals surface area contributed by atoms with E-state index < -0.39 is 17.5 Å². The molecule has 0 spiro atoms. The highest BCUT2D eigenvalue weighted by molar-refractivity contribution is 5.76. The molecule has 0 radical (unpaired) electrons. The molecular formula is C9H15NO4. The molecule has 0 bridgehead atoms. The van der Waals surface area contributed by atoms with Gasteiger partial charge in [-0.25, -0.2) is 4.79 Å². The van der Waals surface area contributed by atoms with E-state index in [1.54, 1.807) is 6.92 Å². The predicted molar refractivity (Wildman–Crippen MR) is 49.1 cm³/mol. The quantitative estimate of drug-likeness (QED) is 0.665. The van der Waals surface area contributed by atoms with E-state index >= 15 is 0 Å². The Labute approximate surface area is 82.3 Å². The molecule has 5 nitrogen and oxygen atoms in total. The van der Waals surface area contributed by atoms with Gasteiger partial charge in [0.1, 0.15) is 0 Å². The van der Waals surface area contributed by atoms with Crippen molar-refractivity contribution in [1.82, 2.24) is 4.90 Å². The molecule has 1 aliphatic heterocycles. The third-order valence-corrected chi connectivity index (χ3v) is 3.20. The topological polar surface area (TPSA) is 77.8 Å². The summed E-state index contributed by atoms with van der Waals surface area (Å²) in [5.41, 5.74) is -0.948. The number of carbonyl (C=O) groups is 2. The number of rotatable bonds is 1. The fraction of sp³-hybridized carbons (Fsp3) is 0.778. The summed E-state index contributed by atoms with van der Waals surface area (Å²) in [4.78, 5) is 22.9. The Balaban J connectivity index is 2.83. The number of hydrogen-bond donors (Lipinski definition) is 2. The number of nitrogens with zero attached hydrogens (tertiary/aromatic N) is 1. The van der Waals surface area contributed by atoms with E-state index in [0.29, 0.717) is 13.0 Å². The first kappa shape index (κ1) is 10.8. The molecule has 0 saturated carbocycles. The zero-order valence-corrected chi connectivity index (χ0v) is 8.36. The summed E-state index contributed by atoms with van der Waals surface area (Å²) in [5, 5.41) is 17.8. The maximum Gasteiger partial charge on any atom is 0.407 e. The molecule has 14 heavy (non-hydrogen) atoms. The van der Waals surface area contributed by atoms with Crippen LogP contribution in [0.3, 0.4) is 0 Å². The molecule has 2 atom stereocenters. The number of piperidine rings is 1. The lowest BCUT2D eigenvalue weighted by Crippen LogP contribution is -2.52. The van der Waals surface area contributed by atoms with E-state index in [4.69, 9.17) is 10.2 Å². The summed E-state index contributed by atoms with van der Waals surface area (Å²) in [6.07, 6.45) is -0.431. The number of aliphatic carboxylic acids is 1. The summed E-state index contributed by atoms with van der Waals surface area (Å²) in [6.45, 7) is 3.97. The van der Waals surface area contributed by atoms with E-state index in [1.165, 1.54) is 4.90 Å². The molecule has 1 unspecified atom stereocenters. The lowest BCUT2D eigenvalue weighted by molar-refractivity contribution is -0.154. The fourth-order valence-electron chi connectivity index (χ4n) is 1.74. The average Bonchev–Trinajstić information content (AvgIpc) is 2.09. The second kappa shape index (κ2) is 3.48. The van der Waals surface area contributed by atoms with E-state index in [-0.39, 0.29) is 12.5 Å². The minimum atomic E-state index is -1.04. The molecular weight excluding hydrogens is 186 g/mol. The van der Waals surface area contributed by atoms with Gasteiger partial charge in [-0.15, -0.1) is 0 Å². The van der Waals surface area contributed by atoms with Crippen molar-refractivity contribution in [2.45, 2.75) is 20.3 Å². The van der Waals surface area contributed by atoms with Gasteiger partial charge in [0.25, 0.3) is 0 Å². The third-order valence-electron chi connectivity index (χ3n) is 3.20. The molecule has 1 heterocycles. The van der Waals surface area contributed by atoms with Gasteiger partial charge in [-0.1, -0.05) is 6.92 Å². The van der Waals surface area contributed by atoms with Crippen molar-refractivity contribution in [3.05, 3.63) is 0 Å². The molecule has 0 aliphatic carbocycles. The third kappa shape index (κ3) is 1.66. The van der Waals surface area contributed by atoms with Crippen LogP contribution in [0, 0.1) is 11.3 Å². The van der Waals surface area contributed by atoms with Crippen molar-refractivity contribution in [3.8, 4) is 0 Å². The van der Waals surface area contributed by atoms with E-state index in [0.717, 1.165) is 0 Å². The van der Waals surface area contributed by atoms with E-state index in [9.17, 15) is 9.59 Å². The van der Waals surface area contributed by atoms with Gasteiger partial charge >= 0.3 is 12.1 Å². The van der Waals surface area contributed by atoms with Crippen LogP contribution >= 0.6 is 0 Å². The van der Waals surface area contributed by atoms with E-state index in [1.807, 2.05) is 6.92 Å². The van der Waals surface area contributed by atoms with Crippen LogP contribution in [-0.2, 0) is 4.79 Å². The van der Waals surface area contributed by atoms with Crippen LogP contribution in [0.1, 0.15) is 20.3 Å². The van der Waals surface area contributed by atoms with Crippen LogP contribution in [0.25, 0.3) is 0 Å². The first-order valence-corrected chi connectivity index (χ1v) is 4.59. The molecule has 1 fully saturated rings. The summed E-state index contributed by atoms with van der Waals surface area (Å²) in [6, 6.07) is 0. The Hall–Kier alpha value is -1.26. The largest absolute Gasteiger partial charge is 0.481 e. The normalized spacial score (nSPS) is 32.7. The van der Waals surface area contributed by atoms with Gasteiger partial charge in [-0.3, -0.25) is 4.79 Å². The molecule has 0 aromatic rings. The second-order valence-electron chi connectivity index (χ2n) is 4.12. The Morgan fingerprint density at radius 3 is 2.43 bits per heavy atom. The standard InChI is InChI=1S/C9H15NO4/c1-6-3-4-10(8(13)14)5-9(6,2)7(11)12/h6H,3-5H2,1-2H3,(H,11,12)(H,13,14)/t6?,9-/m1/s1. The van der Waals surface area contributed by atoms with Gasteiger partial charge < -0.3 is 15.1 Å². The van der Waals surface area contributed by atoms with Gasteiger partial charge in [-0.05, 0) is 19.3 Å². The van der Waals surface area contributed by atoms with Crippen LogP contribution < -0.4 is 0 Å². The summed E-state index contributed by atoms with van der Waals surface area (Å²) in [7, 11) is 0. The minimum absolute atomic E-state index is 0.00981. The lowest BCUT2D eigenvalue weighted by atomic mass is 9.73. The lowest BCUT2D eigenvalue weighted by Gasteiger charge is -2.40. The minimum Gasteiger partial charge on any atom is -0.481 e. The highest BCUT2D eigenvalue weighted by atomic mass is 16.4. The number of carboxylic acid groups (broad SMARTS) is 2.